The summed E-state index contributed by atoms with van der Waals surface area (Å²) < 4.78 is 0. The van der Waals surface area contributed by atoms with Gasteiger partial charge < -0.3 is 16.0 Å². The third kappa shape index (κ3) is 4.75. The third-order valence-electron chi connectivity index (χ3n) is 3.43. The second kappa shape index (κ2) is 7.08. The number of carbonyl (C=O) groups is 2. The van der Waals surface area contributed by atoms with E-state index in [1.54, 1.807) is 51.2 Å². The summed E-state index contributed by atoms with van der Waals surface area (Å²) in [7, 11) is 5.14. The smallest absolute Gasteiger partial charge is 0.241 e. The van der Waals surface area contributed by atoms with Crippen LogP contribution in [0.2, 0.25) is 0 Å². The minimum absolute atomic E-state index is 0.0409. The lowest BCUT2D eigenvalue weighted by molar-refractivity contribution is -0.131. The van der Waals surface area contributed by atoms with Crippen molar-refractivity contribution in [2.45, 2.75) is 19.9 Å². The molecule has 1 aromatic carbocycles. The molecule has 1 aromatic rings. The number of benzene rings is 1. The van der Waals surface area contributed by atoms with Crippen molar-refractivity contribution in [2.24, 2.45) is 0 Å². The van der Waals surface area contributed by atoms with Gasteiger partial charge >= 0.3 is 0 Å². The first-order valence-corrected chi connectivity index (χ1v) is 6.79. The topological polar surface area (TPSA) is 78.7 Å². The summed E-state index contributed by atoms with van der Waals surface area (Å²) in [6.07, 6.45) is 0. The molecule has 0 aliphatic rings. The van der Waals surface area contributed by atoms with Crippen molar-refractivity contribution >= 4 is 23.2 Å². The van der Waals surface area contributed by atoms with Crippen LogP contribution in [0.1, 0.15) is 12.5 Å². The van der Waals surface area contributed by atoms with Gasteiger partial charge in [0.1, 0.15) is 0 Å². The number of likely N-dealkylation sites (N-methyl/N-ethyl adjacent to an activating group) is 2. The number of nitrogen functional groups attached to an aromatic ring is 1. The molecular weight excluding hydrogens is 268 g/mol. The first-order chi connectivity index (χ1) is 9.72. The summed E-state index contributed by atoms with van der Waals surface area (Å²) in [6, 6.07) is 4.91. The molecule has 0 bridgehead atoms. The minimum atomic E-state index is -0.411. The van der Waals surface area contributed by atoms with Crippen molar-refractivity contribution in [1.29, 1.82) is 0 Å². The largest absolute Gasteiger partial charge is 0.399 e. The van der Waals surface area contributed by atoms with Crippen molar-refractivity contribution < 1.29 is 9.59 Å². The van der Waals surface area contributed by atoms with Crippen molar-refractivity contribution in [2.75, 3.05) is 38.7 Å². The molecule has 2 amide bonds. The summed E-state index contributed by atoms with van der Waals surface area (Å²) in [5.41, 5.74) is 7.98. The number of anilines is 2. The lowest BCUT2D eigenvalue weighted by atomic mass is 10.1. The highest BCUT2D eigenvalue weighted by atomic mass is 16.2. The minimum Gasteiger partial charge on any atom is -0.399 e. The predicted molar refractivity (Wildman–Crippen MR) is 85.0 cm³/mol. The van der Waals surface area contributed by atoms with Gasteiger partial charge in [-0.3, -0.25) is 14.5 Å². The van der Waals surface area contributed by atoms with E-state index in [1.165, 1.54) is 4.90 Å². The molecule has 116 valence electrons. The van der Waals surface area contributed by atoms with E-state index in [4.69, 9.17) is 5.73 Å². The van der Waals surface area contributed by atoms with Crippen LogP contribution in [0.4, 0.5) is 11.4 Å². The van der Waals surface area contributed by atoms with Crippen molar-refractivity contribution in [1.82, 2.24) is 9.80 Å². The molecule has 0 fully saturated rings. The van der Waals surface area contributed by atoms with E-state index in [1.807, 2.05) is 6.92 Å². The maximum absolute atomic E-state index is 12.2. The molecule has 0 saturated carbocycles. The second-order valence-electron chi connectivity index (χ2n) is 5.44. The van der Waals surface area contributed by atoms with Gasteiger partial charge in [-0.2, -0.15) is 0 Å². The van der Waals surface area contributed by atoms with Crippen LogP contribution in [-0.2, 0) is 9.59 Å². The number of amides is 2. The molecule has 6 nitrogen and oxygen atoms in total. The number of nitrogens with one attached hydrogen (secondary N) is 1. The number of hydrogen-bond acceptors (Lipinski definition) is 4. The third-order valence-corrected chi connectivity index (χ3v) is 3.43. The van der Waals surface area contributed by atoms with Crippen LogP contribution in [0, 0.1) is 6.92 Å². The fourth-order valence-electron chi connectivity index (χ4n) is 1.76. The number of nitrogens with zero attached hydrogens (tertiary/aromatic N) is 2. The molecule has 1 rings (SSSR count). The second-order valence-corrected chi connectivity index (χ2v) is 5.44. The standard InChI is InChI=1S/C15H24N4O2/c1-10-8-12(16)6-7-13(10)17-15(21)11(2)19(5)9-14(20)18(3)4/h6-8,11H,9,16H2,1-5H3,(H,17,21). The first-order valence-electron chi connectivity index (χ1n) is 6.79. The van der Waals surface area contributed by atoms with Gasteiger partial charge in [0.2, 0.25) is 11.8 Å². The van der Waals surface area contributed by atoms with Crippen molar-refractivity contribution in [3.8, 4) is 0 Å². The first kappa shape index (κ1) is 17.0. The molecule has 0 aromatic heterocycles. The normalized spacial score (nSPS) is 12.1. The Morgan fingerprint density at radius 3 is 2.43 bits per heavy atom. The Morgan fingerprint density at radius 1 is 1.29 bits per heavy atom. The van der Waals surface area contributed by atoms with Crippen LogP contribution in [0.25, 0.3) is 0 Å². The zero-order valence-electron chi connectivity index (χ0n) is 13.3. The van der Waals surface area contributed by atoms with Crippen LogP contribution in [-0.4, -0.2) is 55.3 Å². The van der Waals surface area contributed by atoms with E-state index in [0.29, 0.717) is 5.69 Å². The summed E-state index contributed by atoms with van der Waals surface area (Å²) in [6.45, 7) is 3.85. The van der Waals surface area contributed by atoms with Crippen LogP contribution in [0.3, 0.4) is 0 Å². The molecule has 1 atom stereocenters. The van der Waals surface area contributed by atoms with Crippen molar-refractivity contribution in [3.63, 3.8) is 0 Å². The quantitative estimate of drug-likeness (QED) is 0.791. The molecule has 0 spiro atoms. The van der Waals surface area contributed by atoms with Gasteiger partial charge in [0.15, 0.2) is 0 Å². The van der Waals surface area contributed by atoms with Gasteiger partial charge in [-0.1, -0.05) is 0 Å². The van der Waals surface area contributed by atoms with E-state index >= 15 is 0 Å². The van der Waals surface area contributed by atoms with E-state index < -0.39 is 6.04 Å². The molecule has 21 heavy (non-hydrogen) atoms. The molecule has 3 N–H and O–H groups in total. The Morgan fingerprint density at radius 2 is 1.90 bits per heavy atom. The van der Waals surface area contributed by atoms with Gasteiger partial charge in [-0.25, -0.2) is 0 Å². The number of nitrogens with two attached hydrogens (primary N) is 1. The predicted octanol–water partition coefficient (Wildman–Crippen LogP) is 0.924. The lowest BCUT2D eigenvalue weighted by Gasteiger charge is -2.25. The zero-order chi connectivity index (χ0) is 16.2. The SMILES string of the molecule is Cc1cc(N)ccc1NC(=O)C(C)N(C)CC(=O)N(C)C. The molecule has 6 heteroatoms. The lowest BCUT2D eigenvalue weighted by Crippen LogP contribution is -2.44. The number of aryl methyl sites for hydroxylation is 1. The molecule has 0 aliphatic heterocycles. The Balaban J connectivity index is 2.68. The molecule has 0 heterocycles. The number of hydrogen-bond donors (Lipinski definition) is 2. The van der Waals surface area contributed by atoms with Crippen LogP contribution < -0.4 is 11.1 Å². The summed E-state index contributed by atoms with van der Waals surface area (Å²) in [4.78, 5) is 27.1. The summed E-state index contributed by atoms with van der Waals surface area (Å²) in [5.74, 6) is -0.197. The molecule has 0 saturated heterocycles. The van der Waals surface area contributed by atoms with E-state index in [2.05, 4.69) is 5.32 Å². The molecule has 0 aliphatic carbocycles. The average Bonchev–Trinajstić information content (AvgIpc) is 2.40. The van der Waals surface area contributed by atoms with Crippen LogP contribution >= 0.6 is 0 Å². The number of rotatable bonds is 5. The maximum atomic E-state index is 12.2. The number of carbonyl (C=O) groups excluding carboxylic acids is 2. The highest BCUT2D eigenvalue weighted by Crippen LogP contribution is 2.18. The van der Waals surface area contributed by atoms with Gasteiger partial charge in [0, 0.05) is 25.5 Å². The molecular formula is C15H24N4O2. The van der Waals surface area contributed by atoms with Crippen LogP contribution in [0.15, 0.2) is 18.2 Å². The summed E-state index contributed by atoms with van der Waals surface area (Å²) in [5, 5.41) is 2.86. The maximum Gasteiger partial charge on any atom is 0.241 e. The Labute approximate surface area is 125 Å². The van der Waals surface area contributed by atoms with Gasteiger partial charge in [-0.05, 0) is 44.7 Å². The van der Waals surface area contributed by atoms with Gasteiger partial charge in [0.05, 0.1) is 12.6 Å². The van der Waals surface area contributed by atoms with Gasteiger partial charge in [0.25, 0.3) is 0 Å². The summed E-state index contributed by atoms with van der Waals surface area (Å²) >= 11 is 0. The van der Waals surface area contributed by atoms with Crippen molar-refractivity contribution in [3.05, 3.63) is 23.8 Å². The van der Waals surface area contributed by atoms with E-state index in [9.17, 15) is 9.59 Å². The highest BCUT2D eigenvalue weighted by Gasteiger charge is 2.21. The highest BCUT2D eigenvalue weighted by molar-refractivity contribution is 5.95. The Hall–Kier alpha value is -2.08. The molecule has 1 unspecified atom stereocenters. The fraction of sp³-hybridized carbons (Fsp3) is 0.467. The van der Waals surface area contributed by atoms with Gasteiger partial charge in [-0.15, -0.1) is 0 Å². The van der Waals surface area contributed by atoms with Crippen LogP contribution in [0.5, 0.6) is 0 Å². The monoisotopic (exact) mass is 292 g/mol. The molecule has 0 radical (unpaired) electrons. The Kier molecular flexibility index (Phi) is 5.72. The van der Waals surface area contributed by atoms with E-state index in [-0.39, 0.29) is 18.4 Å². The van der Waals surface area contributed by atoms with E-state index in [0.717, 1.165) is 11.3 Å². The average molecular weight is 292 g/mol. The zero-order valence-corrected chi connectivity index (χ0v) is 13.3. The Bertz CT molecular complexity index is 528. The fourth-order valence-corrected chi connectivity index (χ4v) is 1.76.